The van der Waals surface area contributed by atoms with E-state index in [-0.39, 0.29) is 47.1 Å². The van der Waals surface area contributed by atoms with Gasteiger partial charge >= 0.3 is 0 Å². The van der Waals surface area contributed by atoms with Crippen molar-refractivity contribution in [1.82, 2.24) is 4.90 Å². The number of anilines is 1. The number of ether oxygens (including phenoxy) is 3. The number of carbonyl (C=O) groups excluding carboxylic acids is 2. The quantitative estimate of drug-likeness (QED) is 0.276. The fourth-order valence-electron chi connectivity index (χ4n) is 4.92. The standard InChI is InChI=1S/C27H30ClFN4O5/c1-3-20(17-5-8-22-23(11-17)38-16-37-22)31-13-18(12-30)26(35)33-10-4-9-27(14-33,36-2)24-21(32-15-34)7-6-19(28)25(24)29/h5-8,11-13,15,20H,3-4,9-10,14,16,30H2,1-2H3,(H,32,34)/b18-12+,31-13?/t20?,27-/m0/s1. The number of halogens is 2. The van der Waals surface area contributed by atoms with Crippen LogP contribution < -0.4 is 20.5 Å². The predicted molar refractivity (Wildman–Crippen MR) is 142 cm³/mol. The van der Waals surface area contributed by atoms with E-state index in [0.717, 1.165) is 5.56 Å². The summed E-state index contributed by atoms with van der Waals surface area (Å²) in [6.45, 7) is 2.60. The first-order valence-electron chi connectivity index (χ1n) is 12.2. The Morgan fingerprint density at radius 1 is 1.34 bits per heavy atom. The number of hydrogen-bond acceptors (Lipinski definition) is 7. The molecule has 0 aromatic heterocycles. The monoisotopic (exact) mass is 544 g/mol. The fraction of sp³-hybridized carbons (Fsp3) is 0.370. The van der Waals surface area contributed by atoms with Gasteiger partial charge in [-0.2, -0.15) is 0 Å². The van der Waals surface area contributed by atoms with Crippen molar-refractivity contribution in [1.29, 1.82) is 0 Å². The molecule has 2 aromatic carbocycles. The molecule has 1 fully saturated rings. The number of likely N-dealkylation sites (tertiary alicyclic amines) is 1. The minimum absolute atomic E-state index is 0.0255. The number of nitrogens with zero attached hydrogens (tertiary/aromatic N) is 2. The highest BCUT2D eigenvalue weighted by molar-refractivity contribution is 6.31. The second-order valence-electron chi connectivity index (χ2n) is 9.01. The van der Waals surface area contributed by atoms with Gasteiger partial charge in [-0.3, -0.25) is 14.6 Å². The number of piperidine rings is 1. The maximum absolute atomic E-state index is 15.3. The average Bonchev–Trinajstić information content (AvgIpc) is 3.41. The molecule has 2 amide bonds. The van der Waals surface area contributed by atoms with E-state index in [9.17, 15) is 9.59 Å². The van der Waals surface area contributed by atoms with Crippen molar-refractivity contribution in [3.05, 3.63) is 64.1 Å². The molecule has 38 heavy (non-hydrogen) atoms. The van der Waals surface area contributed by atoms with Crippen LogP contribution in [0.2, 0.25) is 5.02 Å². The molecule has 2 aliphatic heterocycles. The molecule has 2 aromatic rings. The third-order valence-corrected chi connectivity index (χ3v) is 7.18. The highest BCUT2D eigenvalue weighted by atomic mass is 35.5. The summed E-state index contributed by atoms with van der Waals surface area (Å²) in [6.07, 6.45) is 4.74. The lowest BCUT2D eigenvalue weighted by molar-refractivity contribution is -0.137. The molecule has 1 unspecified atom stereocenters. The molecule has 4 rings (SSSR count). The summed E-state index contributed by atoms with van der Waals surface area (Å²) in [7, 11) is 1.44. The van der Waals surface area contributed by atoms with Crippen LogP contribution in [0.4, 0.5) is 10.1 Å². The normalized spacial score (nSPS) is 20.0. The molecule has 0 aliphatic carbocycles. The van der Waals surface area contributed by atoms with Crippen LogP contribution in [-0.2, 0) is 19.9 Å². The first-order valence-corrected chi connectivity index (χ1v) is 12.6. The van der Waals surface area contributed by atoms with Crippen LogP contribution in [0.3, 0.4) is 0 Å². The van der Waals surface area contributed by atoms with E-state index in [2.05, 4.69) is 10.3 Å². The summed E-state index contributed by atoms with van der Waals surface area (Å²) < 4.78 is 32.0. The molecule has 0 radical (unpaired) electrons. The number of methoxy groups -OCH3 is 1. The number of rotatable bonds is 9. The smallest absolute Gasteiger partial charge is 0.256 e. The van der Waals surface area contributed by atoms with Crippen LogP contribution in [0.15, 0.2) is 47.1 Å². The minimum atomic E-state index is -1.23. The molecule has 11 heteroatoms. The van der Waals surface area contributed by atoms with Gasteiger partial charge in [0, 0.05) is 37.3 Å². The SMILES string of the molecule is CCC(N=C/C(=C\N)C(=O)N1CCC[C@@](OC)(c2c(NC=O)ccc(Cl)c2F)C1)c1ccc2c(c1)OCO2. The molecule has 202 valence electrons. The van der Waals surface area contributed by atoms with Crippen LogP contribution in [0, 0.1) is 5.82 Å². The second-order valence-corrected chi connectivity index (χ2v) is 9.42. The summed E-state index contributed by atoms with van der Waals surface area (Å²) in [4.78, 5) is 30.9. The van der Waals surface area contributed by atoms with E-state index < -0.39 is 11.4 Å². The third kappa shape index (κ3) is 5.32. The molecular formula is C27H30ClFN4O5. The van der Waals surface area contributed by atoms with Crippen LogP contribution in [0.5, 0.6) is 11.5 Å². The Kier molecular flexibility index (Phi) is 8.53. The van der Waals surface area contributed by atoms with Gasteiger partial charge in [-0.1, -0.05) is 24.6 Å². The average molecular weight is 545 g/mol. The Bertz CT molecular complexity index is 1270. The van der Waals surface area contributed by atoms with Crippen LogP contribution in [0.25, 0.3) is 0 Å². The van der Waals surface area contributed by atoms with Gasteiger partial charge < -0.3 is 30.2 Å². The molecule has 1 saturated heterocycles. The van der Waals surface area contributed by atoms with Gasteiger partial charge in [0.05, 0.1) is 23.2 Å². The Balaban J connectivity index is 1.57. The van der Waals surface area contributed by atoms with Crippen molar-refractivity contribution in [3.8, 4) is 11.5 Å². The Morgan fingerprint density at radius 2 is 2.13 bits per heavy atom. The highest BCUT2D eigenvalue weighted by Gasteiger charge is 2.43. The zero-order valence-electron chi connectivity index (χ0n) is 21.2. The lowest BCUT2D eigenvalue weighted by atomic mass is 9.83. The van der Waals surface area contributed by atoms with Gasteiger partial charge in [0.2, 0.25) is 13.2 Å². The number of aliphatic imine (C=N–C) groups is 1. The minimum Gasteiger partial charge on any atom is -0.454 e. The van der Waals surface area contributed by atoms with E-state index in [1.165, 1.54) is 31.7 Å². The number of benzene rings is 2. The second kappa shape index (κ2) is 11.8. The van der Waals surface area contributed by atoms with Crippen molar-refractivity contribution in [2.75, 3.05) is 32.3 Å². The van der Waals surface area contributed by atoms with E-state index >= 15 is 4.39 Å². The van der Waals surface area contributed by atoms with E-state index in [1.54, 1.807) is 4.90 Å². The summed E-state index contributed by atoms with van der Waals surface area (Å²) in [5.41, 5.74) is 6.04. The van der Waals surface area contributed by atoms with E-state index in [4.69, 9.17) is 31.5 Å². The van der Waals surface area contributed by atoms with E-state index in [1.807, 2.05) is 25.1 Å². The molecule has 0 bridgehead atoms. The molecule has 2 atom stereocenters. The van der Waals surface area contributed by atoms with Gasteiger partial charge in [-0.05, 0) is 49.1 Å². The number of nitrogens with one attached hydrogen (secondary N) is 1. The summed E-state index contributed by atoms with van der Waals surface area (Å²) in [5.74, 6) is 0.257. The lowest BCUT2D eigenvalue weighted by Gasteiger charge is -2.43. The molecule has 0 spiro atoms. The number of carbonyl (C=O) groups is 2. The Labute approximate surface area is 225 Å². The van der Waals surface area contributed by atoms with Gasteiger partial charge in [-0.25, -0.2) is 4.39 Å². The van der Waals surface area contributed by atoms with Crippen LogP contribution in [-0.4, -0.2) is 50.4 Å². The predicted octanol–water partition coefficient (Wildman–Crippen LogP) is 4.30. The summed E-state index contributed by atoms with van der Waals surface area (Å²) in [5, 5.41) is 2.41. The van der Waals surface area contributed by atoms with Crippen molar-refractivity contribution < 1.29 is 28.2 Å². The van der Waals surface area contributed by atoms with Gasteiger partial charge in [-0.15, -0.1) is 0 Å². The highest BCUT2D eigenvalue weighted by Crippen LogP contribution is 2.42. The molecular weight excluding hydrogens is 515 g/mol. The van der Waals surface area contributed by atoms with E-state index in [0.29, 0.717) is 43.7 Å². The third-order valence-electron chi connectivity index (χ3n) is 6.89. The zero-order valence-corrected chi connectivity index (χ0v) is 22.0. The Hall–Kier alpha value is -3.63. The van der Waals surface area contributed by atoms with Crippen molar-refractivity contribution in [2.24, 2.45) is 10.7 Å². The van der Waals surface area contributed by atoms with Crippen molar-refractivity contribution >= 4 is 35.8 Å². The number of amides is 2. The number of fused-ring (bicyclic) bond motifs is 1. The van der Waals surface area contributed by atoms with Crippen molar-refractivity contribution in [3.63, 3.8) is 0 Å². The first kappa shape index (κ1) is 27.4. The first-order chi connectivity index (χ1) is 18.4. The molecule has 3 N–H and O–H groups in total. The molecule has 2 heterocycles. The van der Waals surface area contributed by atoms with Crippen molar-refractivity contribution in [2.45, 2.75) is 37.8 Å². The summed E-state index contributed by atoms with van der Waals surface area (Å²) >= 11 is 6.08. The maximum atomic E-state index is 15.3. The maximum Gasteiger partial charge on any atom is 0.256 e. The Morgan fingerprint density at radius 3 is 2.84 bits per heavy atom. The van der Waals surface area contributed by atoms with Gasteiger partial charge in [0.25, 0.3) is 5.91 Å². The number of nitrogens with two attached hydrogens (primary N) is 1. The topological polar surface area (TPSA) is 115 Å². The molecule has 9 nitrogen and oxygen atoms in total. The van der Waals surface area contributed by atoms with Gasteiger partial charge in [0.1, 0.15) is 11.4 Å². The zero-order chi connectivity index (χ0) is 27.3. The van der Waals surface area contributed by atoms with Crippen LogP contribution >= 0.6 is 11.6 Å². The number of hydrogen-bond donors (Lipinski definition) is 2. The summed E-state index contributed by atoms with van der Waals surface area (Å²) in [6, 6.07) is 8.26. The van der Waals surface area contributed by atoms with Crippen LogP contribution in [0.1, 0.15) is 43.4 Å². The fourth-order valence-corrected chi connectivity index (χ4v) is 5.08. The molecule has 0 saturated carbocycles. The molecule has 2 aliphatic rings. The lowest BCUT2D eigenvalue weighted by Crippen LogP contribution is -2.50. The largest absolute Gasteiger partial charge is 0.454 e. The van der Waals surface area contributed by atoms with Gasteiger partial charge in [0.15, 0.2) is 11.5 Å².